The predicted octanol–water partition coefficient (Wildman–Crippen LogP) is -0.163. The number of carbonyl (C=O) groups excluding carboxylic acids is 1. The minimum Gasteiger partial charge on any atom is -0.468 e. The Balaban J connectivity index is 0.000000845. The van der Waals surface area contributed by atoms with E-state index in [1.807, 2.05) is 0 Å². The lowest BCUT2D eigenvalue weighted by molar-refractivity contribution is -0.148. The largest absolute Gasteiger partial charge is 0.468 e. The topological polar surface area (TPSA) is 58.6 Å². The number of nitrogens with one attached hydrogen (secondary N) is 1. The molecular formula is C8H14ClNO3. The Morgan fingerprint density at radius 3 is 2.77 bits per heavy atom. The van der Waals surface area contributed by atoms with Crippen LogP contribution in [0.25, 0.3) is 0 Å². The fraction of sp³-hybridized carbons (Fsp3) is 0.875. The zero-order chi connectivity index (χ0) is 8.77. The van der Waals surface area contributed by atoms with E-state index >= 15 is 0 Å². The van der Waals surface area contributed by atoms with E-state index in [2.05, 4.69) is 5.32 Å². The lowest BCUT2D eigenvalue weighted by Crippen LogP contribution is -2.45. The van der Waals surface area contributed by atoms with Crippen molar-refractivity contribution in [3.63, 3.8) is 0 Å². The summed E-state index contributed by atoms with van der Waals surface area (Å²) >= 11 is 0. The molecule has 2 N–H and O–H groups in total. The van der Waals surface area contributed by atoms with Gasteiger partial charge in [0, 0.05) is 12.5 Å². The van der Waals surface area contributed by atoms with Gasteiger partial charge in [-0.2, -0.15) is 0 Å². The van der Waals surface area contributed by atoms with Gasteiger partial charge >= 0.3 is 5.97 Å². The average molecular weight is 208 g/mol. The molecule has 0 aliphatic carbocycles. The van der Waals surface area contributed by atoms with Gasteiger partial charge in [-0.1, -0.05) is 0 Å². The smallest absolute Gasteiger partial charge is 0.326 e. The number of methoxy groups -OCH3 is 1. The highest BCUT2D eigenvalue weighted by atomic mass is 35.5. The third kappa shape index (κ3) is 1.43. The molecule has 2 aliphatic rings. The summed E-state index contributed by atoms with van der Waals surface area (Å²) in [5, 5.41) is 12.6. The highest BCUT2D eigenvalue weighted by molar-refractivity contribution is 5.85. The number of aliphatic hydroxyl groups excluding tert-OH is 1. The lowest BCUT2D eigenvalue weighted by atomic mass is 9.86. The van der Waals surface area contributed by atoms with Gasteiger partial charge in [0.2, 0.25) is 0 Å². The number of hydrogen-bond donors (Lipinski definition) is 2. The number of ether oxygens (including phenoxy) is 1. The molecule has 0 unspecified atom stereocenters. The highest BCUT2D eigenvalue weighted by Crippen LogP contribution is 2.38. The van der Waals surface area contributed by atoms with Crippen LogP contribution in [-0.4, -0.2) is 35.9 Å². The van der Waals surface area contributed by atoms with Crippen molar-refractivity contribution in [2.75, 3.05) is 7.11 Å². The third-order valence-corrected chi connectivity index (χ3v) is 2.94. The molecule has 0 saturated carbocycles. The van der Waals surface area contributed by atoms with E-state index in [4.69, 9.17) is 4.74 Å². The first-order valence-corrected chi connectivity index (χ1v) is 4.22. The molecule has 2 aliphatic heterocycles. The second-order valence-corrected chi connectivity index (χ2v) is 3.63. The van der Waals surface area contributed by atoms with Crippen molar-refractivity contribution >= 4 is 18.4 Å². The first-order chi connectivity index (χ1) is 5.68. The molecule has 2 saturated heterocycles. The Morgan fingerprint density at radius 1 is 1.69 bits per heavy atom. The molecule has 0 radical (unpaired) electrons. The first kappa shape index (κ1) is 10.8. The molecule has 13 heavy (non-hydrogen) atoms. The number of esters is 1. The van der Waals surface area contributed by atoms with Crippen molar-refractivity contribution in [1.29, 1.82) is 0 Å². The van der Waals surface area contributed by atoms with Crippen molar-refractivity contribution in [2.45, 2.75) is 36.9 Å². The molecule has 2 heterocycles. The van der Waals surface area contributed by atoms with Crippen LogP contribution in [0.15, 0.2) is 0 Å². The van der Waals surface area contributed by atoms with E-state index in [-0.39, 0.29) is 30.5 Å². The van der Waals surface area contributed by atoms with Gasteiger partial charge in [0.15, 0.2) is 0 Å². The molecule has 4 nitrogen and oxygen atoms in total. The lowest BCUT2D eigenvalue weighted by Gasteiger charge is -2.23. The zero-order valence-electron chi connectivity index (χ0n) is 7.45. The summed E-state index contributed by atoms with van der Waals surface area (Å²) < 4.78 is 4.69. The normalized spacial score (nSPS) is 41.4. The molecule has 0 amide bonds. The summed E-state index contributed by atoms with van der Waals surface area (Å²) in [6.07, 6.45) is 1.79. The van der Waals surface area contributed by atoms with Crippen LogP contribution in [-0.2, 0) is 9.53 Å². The van der Waals surface area contributed by atoms with Crippen LogP contribution in [0.3, 0.4) is 0 Å². The Labute approximate surface area is 83.1 Å². The second-order valence-electron chi connectivity index (χ2n) is 3.63. The molecule has 2 bridgehead atoms. The van der Waals surface area contributed by atoms with Crippen LogP contribution < -0.4 is 5.32 Å². The summed E-state index contributed by atoms with van der Waals surface area (Å²) in [6, 6.07) is 0.101. The first-order valence-electron chi connectivity index (χ1n) is 4.22. The average Bonchev–Trinajstić information content (AvgIpc) is 2.60. The van der Waals surface area contributed by atoms with E-state index in [9.17, 15) is 9.90 Å². The summed E-state index contributed by atoms with van der Waals surface area (Å²) in [7, 11) is 1.39. The minimum absolute atomic E-state index is 0. The Bertz CT molecular complexity index is 219. The van der Waals surface area contributed by atoms with Crippen molar-refractivity contribution in [3.05, 3.63) is 0 Å². The highest BCUT2D eigenvalue weighted by Gasteiger charge is 2.55. The van der Waals surface area contributed by atoms with Crippen molar-refractivity contribution in [2.24, 2.45) is 0 Å². The van der Waals surface area contributed by atoms with Crippen LogP contribution in [0.2, 0.25) is 0 Å². The monoisotopic (exact) mass is 207 g/mol. The van der Waals surface area contributed by atoms with Gasteiger partial charge in [-0.3, -0.25) is 10.1 Å². The number of carbonyl (C=O) groups is 1. The van der Waals surface area contributed by atoms with E-state index in [1.165, 1.54) is 7.11 Å². The van der Waals surface area contributed by atoms with Crippen LogP contribution in [0.4, 0.5) is 0 Å². The minimum atomic E-state index is -0.571. The molecule has 0 aromatic heterocycles. The molecule has 0 spiro atoms. The quantitative estimate of drug-likeness (QED) is 0.587. The number of rotatable bonds is 1. The second kappa shape index (κ2) is 3.44. The van der Waals surface area contributed by atoms with E-state index in [0.29, 0.717) is 6.42 Å². The number of fused-ring (bicyclic) bond motifs is 2. The molecule has 0 aromatic rings. The summed E-state index contributed by atoms with van der Waals surface area (Å²) in [4.78, 5) is 11.3. The van der Waals surface area contributed by atoms with Crippen LogP contribution in [0, 0.1) is 0 Å². The van der Waals surface area contributed by atoms with Crippen LogP contribution >= 0.6 is 12.4 Å². The predicted molar refractivity (Wildman–Crippen MR) is 48.8 cm³/mol. The van der Waals surface area contributed by atoms with Gasteiger partial charge in [0.25, 0.3) is 0 Å². The van der Waals surface area contributed by atoms with Gasteiger partial charge in [-0.15, -0.1) is 12.4 Å². The van der Waals surface area contributed by atoms with Gasteiger partial charge < -0.3 is 9.84 Å². The maximum absolute atomic E-state index is 11.3. The maximum Gasteiger partial charge on any atom is 0.326 e. The molecule has 3 atom stereocenters. The van der Waals surface area contributed by atoms with Crippen molar-refractivity contribution in [1.82, 2.24) is 5.32 Å². The van der Waals surface area contributed by atoms with E-state index < -0.39 is 5.54 Å². The Morgan fingerprint density at radius 2 is 2.38 bits per heavy atom. The fourth-order valence-corrected chi connectivity index (χ4v) is 2.29. The van der Waals surface area contributed by atoms with Crippen LogP contribution in [0.1, 0.15) is 19.3 Å². The number of aliphatic hydroxyl groups is 1. The Kier molecular flexibility index (Phi) is 2.85. The summed E-state index contributed by atoms with van der Waals surface area (Å²) in [5.74, 6) is -0.235. The van der Waals surface area contributed by atoms with Gasteiger partial charge in [-0.25, -0.2) is 0 Å². The molecule has 2 fully saturated rings. The van der Waals surface area contributed by atoms with Gasteiger partial charge in [0.05, 0.1) is 13.2 Å². The Hall–Kier alpha value is -0.320. The SMILES string of the molecule is COC(=O)[C@]12CC[C@@H](N1)[C@@H](O)C2.Cl. The summed E-state index contributed by atoms with van der Waals surface area (Å²) in [5.41, 5.74) is -0.571. The molecule has 2 rings (SSSR count). The molecule has 76 valence electrons. The van der Waals surface area contributed by atoms with Crippen LogP contribution in [0.5, 0.6) is 0 Å². The third-order valence-electron chi connectivity index (χ3n) is 2.94. The molecular weight excluding hydrogens is 194 g/mol. The number of halogens is 1. The summed E-state index contributed by atoms with van der Waals surface area (Å²) in [6.45, 7) is 0. The maximum atomic E-state index is 11.3. The molecule has 5 heteroatoms. The number of hydrogen-bond acceptors (Lipinski definition) is 4. The standard InChI is InChI=1S/C8H13NO3.ClH/c1-12-7(11)8-3-2-5(9-8)6(10)4-8;/h5-6,9-10H,2-4H2,1H3;1H/t5-,6+,8-;/m1./s1. The van der Waals surface area contributed by atoms with Crippen molar-refractivity contribution in [3.8, 4) is 0 Å². The van der Waals surface area contributed by atoms with Gasteiger partial charge in [0.1, 0.15) is 5.54 Å². The molecule has 0 aromatic carbocycles. The fourth-order valence-electron chi connectivity index (χ4n) is 2.29. The van der Waals surface area contributed by atoms with Crippen molar-refractivity contribution < 1.29 is 14.6 Å². The van der Waals surface area contributed by atoms with Gasteiger partial charge in [-0.05, 0) is 12.8 Å². The zero-order valence-corrected chi connectivity index (χ0v) is 8.26. The van der Waals surface area contributed by atoms with E-state index in [0.717, 1.165) is 12.8 Å². The van der Waals surface area contributed by atoms with E-state index in [1.54, 1.807) is 0 Å².